The molecule has 4 nitrogen and oxygen atoms in total. The van der Waals surface area contributed by atoms with Gasteiger partial charge < -0.3 is 10.4 Å². The number of carbonyl (C=O) groups is 1. The van der Waals surface area contributed by atoms with Crippen molar-refractivity contribution < 1.29 is 9.90 Å². The summed E-state index contributed by atoms with van der Waals surface area (Å²) in [4.78, 5) is 13.9. The number of terminal acetylenes is 1. The lowest BCUT2D eigenvalue weighted by Gasteiger charge is -2.27. The third-order valence-electron chi connectivity index (χ3n) is 3.39. The number of rotatable bonds is 3. The molecule has 1 rings (SSSR count). The quantitative estimate of drug-likeness (QED) is 0.698. The fourth-order valence-electron chi connectivity index (χ4n) is 2.12. The van der Waals surface area contributed by atoms with Gasteiger partial charge in [0.05, 0.1) is 18.2 Å². The number of amides is 1. The zero-order valence-electron chi connectivity index (χ0n) is 10.7. The Morgan fingerprint density at radius 3 is 2.94 bits per heavy atom. The highest BCUT2D eigenvalue weighted by Crippen LogP contribution is 2.22. The highest BCUT2D eigenvalue weighted by atomic mass is 16.3. The molecule has 2 unspecified atom stereocenters. The van der Waals surface area contributed by atoms with E-state index in [2.05, 4.69) is 16.1 Å². The summed E-state index contributed by atoms with van der Waals surface area (Å²) >= 11 is 0. The molecule has 0 saturated carbocycles. The molecule has 1 aliphatic heterocycles. The van der Waals surface area contributed by atoms with Crippen molar-refractivity contribution in [3.63, 3.8) is 0 Å². The van der Waals surface area contributed by atoms with Crippen LogP contribution in [0.3, 0.4) is 0 Å². The Balaban J connectivity index is 2.49. The van der Waals surface area contributed by atoms with Gasteiger partial charge in [-0.2, -0.15) is 0 Å². The largest absolute Gasteiger partial charge is 0.390 e. The van der Waals surface area contributed by atoms with Crippen molar-refractivity contribution in [2.24, 2.45) is 0 Å². The van der Waals surface area contributed by atoms with Crippen LogP contribution in [0, 0.1) is 12.3 Å². The fraction of sp³-hybridized carbons (Fsp3) is 0.769. The Hall–Kier alpha value is -1.05. The first kappa shape index (κ1) is 14.0. The molecule has 0 aromatic rings. The van der Waals surface area contributed by atoms with E-state index in [-0.39, 0.29) is 18.5 Å². The first-order chi connectivity index (χ1) is 7.96. The molecule has 1 fully saturated rings. The molecule has 0 aromatic carbocycles. The molecule has 4 heteroatoms. The number of nitrogens with one attached hydrogen (secondary N) is 1. The smallest absolute Gasteiger partial charge is 0.237 e. The topological polar surface area (TPSA) is 52.6 Å². The third-order valence-corrected chi connectivity index (χ3v) is 3.39. The van der Waals surface area contributed by atoms with Gasteiger partial charge in [-0.3, -0.25) is 9.69 Å². The molecule has 1 aliphatic rings. The van der Waals surface area contributed by atoms with Gasteiger partial charge in [0, 0.05) is 6.54 Å². The number of hydrogen-bond acceptors (Lipinski definition) is 3. The Bertz CT molecular complexity index is 307. The van der Waals surface area contributed by atoms with Crippen LogP contribution in [0.1, 0.15) is 33.1 Å². The van der Waals surface area contributed by atoms with E-state index in [0.717, 1.165) is 25.9 Å². The van der Waals surface area contributed by atoms with Gasteiger partial charge in [0.1, 0.15) is 0 Å². The molecule has 0 aromatic heterocycles. The van der Waals surface area contributed by atoms with Crippen molar-refractivity contribution >= 4 is 5.91 Å². The zero-order chi connectivity index (χ0) is 12.9. The molecule has 0 radical (unpaired) electrons. The molecule has 2 N–H and O–H groups in total. The van der Waals surface area contributed by atoms with Gasteiger partial charge in [-0.25, -0.2) is 0 Å². The summed E-state index contributed by atoms with van der Waals surface area (Å²) in [6, 6.07) is -0.183. The first-order valence-corrected chi connectivity index (χ1v) is 6.14. The third kappa shape index (κ3) is 4.37. The lowest BCUT2D eigenvalue weighted by atomic mass is 9.98. The van der Waals surface area contributed by atoms with E-state index in [1.807, 2.05) is 13.8 Å². The Kier molecular flexibility index (Phi) is 4.98. The van der Waals surface area contributed by atoms with Gasteiger partial charge in [0.15, 0.2) is 0 Å². The summed E-state index contributed by atoms with van der Waals surface area (Å²) in [6.45, 7) is 5.61. The van der Waals surface area contributed by atoms with Crippen molar-refractivity contribution in [2.75, 3.05) is 19.6 Å². The maximum atomic E-state index is 11.8. The van der Waals surface area contributed by atoms with E-state index >= 15 is 0 Å². The van der Waals surface area contributed by atoms with E-state index < -0.39 is 5.60 Å². The summed E-state index contributed by atoms with van der Waals surface area (Å²) in [7, 11) is 0. The predicted molar refractivity (Wildman–Crippen MR) is 67.4 cm³/mol. The van der Waals surface area contributed by atoms with E-state index in [4.69, 9.17) is 6.42 Å². The van der Waals surface area contributed by atoms with Crippen LogP contribution in [0.4, 0.5) is 0 Å². The van der Waals surface area contributed by atoms with Crippen LogP contribution in [0.2, 0.25) is 0 Å². The second-order valence-corrected chi connectivity index (χ2v) is 4.98. The van der Waals surface area contributed by atoms with Crippen molar-refractivity contribution in [3.8, 4) is 12.3 Å². The van der Waals surface area contributed by atoms with Crippen LogP contribution in [0.25, 0.3) is 0 Å². The SMILES string of the molecule is C#CCNC(=O)C(C)N1CCCC(C)(O)CC1. The Morgan fingerprint density at radius 1 is 1.59 bits per heavy atom. The van der Waals surface area contributed by atoms with E-state index in [1.165, 1.54) is 0 Å². The van der Waals surface area contributed by atoms with E-state index in [1.54, 1.807) is 0 Å². The Morgan fingerprint density at radius 2 is 2.29 bits per heavy atom. The molecule has 96 valence electrons. The number of carbonyl (C=O) groups excluding carboxylic acids is 1. The summed E-state index contributed by atoms with van der Waals surface area (Å²) in [6.07, 6.45) is 7.52. The van der Waals surface area contributed by atoms with Gasteiger partial charge in [-0.05, 0) is 39.7 Å². The molecule has 1 heterocycles. The molecular formula is C13H22N2O2. The maximum Gasteiger partial charge on any atom is 0.237 e. The minimum atomic E-state index is -0.593. The van der Waals surface area contributed by atoms with Crippen LogP contribution < -0.4 is 5.32 Å². The number of likely N-dealkylation sites (tertiary alicyclic amines) is 1. The fourth-order valence-corrected chi connectivity index (χ4v) is 2.12. The van der Waals surface area contributed by atoms with Crippen LogP contribution in [-0.4, -0.2) is 47.2 Å². The summed E-state index contributed by atoms with van der Waals surface area (Å²) in [5.41, 5.74) is -0.593. The lowest BCUT2D eigenvalue weighted by Crippen LogP contribution is -2.46. The molecule has 0 bridgehead atoms. The van der Waals surface area contributed by atoms with Crippen molar-refractivity contribution in [1.29, 1.82) is 0 Å². The normalized spacial score (nSPS) is 27.9. The highest BCUT2D eigenvalue weighted by molar-refractivity contribution is 5.81. The zero-order valence-corrected chi connectivity index (χ0v) is 10.7. The van der Waals surface area contributed by atoms with Crippen LogP contribution in [0.5, 0.6) is 0 Å². The van der Waals surface area contributed by atoms with Gasteiger partial charge in [-0.1, -0.05) is 5.92 Å². The summed E-state index contributed by atoms with van der Waals surface area (Å²) in [5, 5.41) is 12.7. The molecular weight excluding hydrogens is 216 g/mol. The average Bonchev–Trinajstić information content (AvgIpc) is 2.46. The average molecular weight is 238 g/mol. The molecule has 1 amide bonds. The van der Waals surface area contributed by atoms with Crippen LogP contribution in [-0.2, 0) is 4.79 Å². The molecule has 0 aliphatic carbocycles. The van der Waals surface area contributed by atoms with Crippen LogP contribution in [0.15, 0.2) is 0 Å². The van der Waals surface area contributed by atoms with Crippen molar-refractivity contribution in [2.45, 2.75) is 44.8 Å². The molecule has 17 heavy (non-hydrogen) atoms. The van der Waals surface area contributed by atoms with E-state index in [0.29, 0.717) is 6.42 Å². The minimum Gasteiger partial charge on any atom is -0.390 e. The molecule has 1 saturated heterocycles. The lowest BCUT2D eigenvalue weighted by molar-refractivity contribution is -0.125. The molecule has 2 atom stereocenters. The molecule has 0 spiro atoms. The second-order valence-electron chi connectivity index (χ2n) is 4.98. The monoisotopic (exact) mass is 238 g/mol. The van der Waals surface area contributed by atoms with Gasteiger partial charge in [-0.15, -0.1) is 6.42 Å². The first-order valence-electron chi connectivity index (χ1n) is 6.14. The van der Waals surface area contributed by atoms with E-state index in [9.17, 15) is 9.90 Å². The van der Waals surface area contributed by atoms with Crippen LogP contribution >= 0.6 is 0 Å². The highest BCUT2D eigenvalue weighted by Gasteiger charge is 2.28. The minimum absolute atomic E-state index is 0.0375. The summed E-state index contributed by atoms with van der Waals surface area (Å²) < 4.78 is 0. The van der Waals surface area contributed by atoms with Gasteiger partial charge in [0.25, 0.3) is 0 Å². The number of hydrogen-bond donors (Lipinski definition) is 2. The number of aliphatic hydroxyl groups is 1. The van der Waals surface area contributed by atoms with Gasteiger partial charge in [0.2, 0.25) is 5.91 Å². The van der Waals surface area contributed by atoms with Crippen molar-refractivity contribution in [1.82, 2.24) is 10.2 Å². The number of nitrogens with zero attached hydrogens (tertiary/aromatic N) is 1. The van der Waals surface area contributed by atoms with Gasteiger partial charge >= 0.3 is 0 Å². The standard InChI is InChI=1S/C13H22N2O2/c1-4-8-14-12(16)11(2)15-9-5-6-13(3,17)7-10-15/h1,11,17H,5-10H2,2-3H3,(H,14,16). The Labute approximate surface area is 103 Å². The predicted octanol–water partition coefficient (Wildman–Crippen LogP) is 0.361. The second kappa shape index (κ2) is 6.04. The maximum absolute atomic E-state index is 11.8. The van der Waals surface area contributed by atoms with Crippen molar-refractivity contribution in [3.05, 3.63) is 0 Å². The summed E-state index contributed by atoms with van der Waals surface area (Å²) in [5.74, 6) is 2.35.